The van der Waals surface area contributed by atoms with Gasteiger partial charge in [0.1, 0.15) is 0 Å². The summed E-state index contributed by atoms with van der Waals surface area (Å²) in [7, 11) is 4.18. The molecule has 1 aromatic carbocycles. The summed E-state index contributed by atoms with van der Waals surface area (Å²) in [6, 6.07) is 8.62. The van der Waals surface area contributed by atoms with E-state index in [-0.39, 0.29) is 12.1 Å². The number of thioether (sulfide) groups is 1. The fourth-order valence-corrected chi connectivity index (χ4v) is 3.99. The molecule has 2 atom stereocenters. The summed E-state index contributed by atoms with van der Waals surface area (Å²) in [5.41, 5.74) is 1.15. The van der Waals surface area contributed by atoms with Gasteiger partial charge in [0.05, 0.1) is 6.04 Å². The fraction of sp³-hybridized carbons (Fsp3) is 0.632. The Morgan fingerprint density at radius 1 is 1.29 bits per heavy atom. The van der Waals surface area contributed by atoms with Crippen LogP contribution < -0.4 is 5.32 Å². The Morgan fingerprint density at radius 3 is 2.54 bits per heavy atom. The summed E-state index contributed by atoms with van der Waals surface area (Å²) >= 11 is 1.86. The first-order chi connectivity index (χ1) is 11.3. The number of nitrogens with zero attached hydrogens (tertiary/aromatic N) is 2. The lowest BCUT2D eigenvalue weighted by atomic mass is 10.1. The normalized spacial score (nSPS) is 19.1. The number of benzene rings is 1. The van der Waals surface area contributed by atoms with Crippen molar-refractivity contribution >= 4 is 17.8 Å². The molecule has 0 bridgehead atoms. The minimum Gasteiger partial charge on any atom is -0.331 e. The topological polar surface area (TPSA) is 35.6 Å². The minimum absolute atomic E-state index is 0.0310. The summed E-state index contributed by atoms with van der Waals surface area (Å²) in [6.45, 7) is 9.22. The van der Waals surface area contributed by atoms with Crippen LogP contribution in [0.1, 0.15) is 38.8 Å². The van der Waals surface area contributed by atoms with Crippen molar-refractivity contribution < 1.29 is 4.79 Å². The molecule has 1 heterocycles. The highest BCUT2D eigenvalue weighted by molar-refractivity contribution is 7.99. The van der Waals surface area contributed by atoms with Gasteiger partial charge in [0.15, 0.2) is 0 Å². The highest BCUT2D eigenvalue weighted by Crippen LogP contribution is 2.25. The summed E-state index contributed by atoms with van der Waals surface area (Å²) in [6.07, 6.45) is 1.10. The Hall–Kier alpha value is -1.20. The van der Waals surface area contributed by atoms with Crippen LogP contribution in [0.4, 0.5) is 4.79 Å². The van der Waals surface area contributed by atoms with Crippen LogP contribution in [0.2, 0.25) is 0 Å². The van der Waals surface area contributed by atoms with Gasteiger partial charge in [-0.05, 0) is 51.1 Å². The molecule has 0 spiro atoms. The number of nitrogens with one attached hydrogen (secondary N) is 1. The maximum absolute atomic E-state index is 12.5. The Morgan fingerprint density at radius 2 is 1.96 bits per heavy atom. The number of hydrogen-bond acceptors (Lipinski definition) is 3. The third-order valence-corrected chi connectivity index (χ3v) is 5.30. The Labute approximate surface area is 151 Å². The molecule has 1 aromatic rings. The van der Waals surface area contributed by atoms with Gasteiger partial charge in [-0.1, -0.05) is 26.0 Å². The number of likely N-dealkylation sites (tertiary alicyclic amines) is 1. The molecule has 2 amide bonds. The van der Waals surface area contributed by atoms with Gasteiger partial charge in [0.2, 0.25) is 0 Å². The second-order valence-electron chi connectivity index (χ2n) is 7.27. The van der Waals surface area contributed by atoms with E-state index in [9.17, 15) is 4.79 Å². The van der Waals surface area contributed by atoms with Crippen molar-refractivity contribution in [1.29, 1.82) is 0 Å². The molecule has 2 rings (SSSR count). The molecule has 1 N–H and O–H groups in total. The van der Waals surface area contributed by atoms with Crippen molar-refractivity contribution in [3.63, 3.8) is 0 Å². The van der Waals surface area contributed by atoms with Gasteiger partial charge >= 0.3 is 6.03 Å². The Kier molecular flexibility index (Phi) is 6.99. The molecule has 5 heteroatoms. The van der Waals surface area contributed by atoms with Gasteiger partial charge in [-0.3, -0.25) is 0 Å². The SMILES string of the molecule is CC(C)Sc1ccc([C@@H](C)NC(=O)N2CC[C@H](CN(C)C)C2)cc1. The van der Waals surface area contributed by atoms with Gasteiger partial charge in [-0.2, -0.15) is 0 Å². The van der Waals surface area contributed by atoms with Crippen molar-refractivity contribution in [1.82, 2.24) is 15.1 Å². The molecule has 0 radical (unpaired) electrons. The van der Waals surface area contributed by atoms with Gasteiger partial charge in [-0.15, -0.1) is 11.8 Å². The van der Waals surface area contributed by atoms with Crippen LogP contribution in [0.15, 0.2) is 29.2 Å². The van der Waals surface area contributed by atoms with Crippen molar-refractivity contribution in [2.75, 3.05) is 33.7 Å². The lowest BCUT2D eigenvalue weighted by Gasteiger charge is -2.22. The Balaban J connectivity index is 1.85. The first-order valence-electron chi connectivity index (χ1n) is 8.82. The van der Waals surface area contributed by atoms with Crippen LogP contribution in [0.25, 0.3) is 0 Å². The van der Waals surface area contributed by atoms with E-state index in [1.165, 1.54) is 4.90 Å². The van der Waals surface area contributed by atoms with Crippen molar-refractivity contribution in [2.45, 2.75) is 43.4 Å². The highest BCUT2D eigenvalue weighted by atomic mass is 32.2. The summed E-state index contributed by atoms with van der Waals surface area (Å²) < 4.78 is 0. The van der Waals surface area contributed by atoms with Crippen LogP contribution in [0, 0.1) is 5.92 Å². The second kappa shape index (κ2) is 8.77. The summed E-state index contributed by atoms with van der Waals surface area (Å²) in [5, 5.41) is 3.72. The van der Waals surface area contributed by atoms with E-state index in [4.69, 9.17) is 0 Å². The number of hydrogen-bond donors (Lipinski definition) is 1. The van der Waals surface area contributed by atoms with Crippen molar-refractivity contribution in [3.05, 3.63) is 29.8 Å². The lowest BCUT2D eigenvalue weighted by molar-refractivity contribution is 0.202. The fourth-order valence-electron chi connectivity index (χ4n) is 3.15. The lowest BCUT2D eigenvalue weighted by Crippen LogP contribution is -2.40. The largest absolute Gasteiger partial charge is 0.331 e. The predicted molar refractivity (Wildman–Crippen MR) is 103 cm³/mol. The zero-order valence-corrected chi connectivity index (χ0v) is 16.4. The van der Waals surface area contributed by atoms with E-state index in [2.05, 4.69) is 69.3 Å². The number of amides is 2. The molecule has 1 aliphatic heterocycles. The third-order valence-electron chi connectivity index (χ3n) is 4.29. The van der Waals surface area contributed by atoms with E-state index in [0.717, 1.165) is 31.6 Å². The molecule has 0 aliphatic carbocycles. The molecule has 4 nitrogen and oxygen atoms in total. The van der Waals surface area contributed by atoms with E-state index in [1.54, 1.807) is 0 Å². The van der Waals surface area contributed by atoms with E-state index >= 15 is 0 Å². The molecule has 134 valence electrons. The molecule has 0 unspecified atom stereocenters. The van der Waals surface area contributed by atoms with Crippen molar-refractivity contribution in [2.24, 2.45) is 5.92 Å². The van der Waals surface area contributed by atoms with Crippen LogP contribution in [-0.2, 0) is 0 Å². The maximum atomic E-state index is 12.5. The van der Waals surface area contributed by atoms with Crippen LogP contribution >= 0.6 is 11.8 Å². The van der Waals surface area contributed by atoms with Crippen molar-refractivity contribution in [3.8, 4) is 0 Å². The zero-order chi connectivity index (χ0) is 17.7. The maximum Gasteiger partial charge on any atom is 0.317 e. The molecule has 0 saturated carbocycles. The number of rotatable bonds is 6. The van der Waals surface area contributed by atoms with Crippen LogP contribution in [0.5, 0.6) is 0 Å². The third kappa shape index (κ3) is 5.71. The smallest absolute Gasteiger partial charge is 0.317 e. The second-order valence-corrected chi connectivity index (χ2v) is 8.92. The van der Waals surface area contributed by atoms with E-state index in [1.807, 2.05) is 16.7 Å². The zero-order valence-electron chi connectivity index (χ0n) is 15.6. The quantitative estimate of drug-likeness (QED) is 0.793. The molecule has 0 aromatic heterocycles. The average Bonchev–Trinajstić information content (AvgIpc) is 2.95. The molecular formula is C19H31N3OS. The first-order valence-corrected chi connectivity index (χ1v) is 9.70. The highest BCUT2D eigenvalue weighted by Gasteiger charge is 2.27. The van der Waals surface area contributed by atoms with Gasteiger partial charge < -0.3 is 15.1 Å². The van der Waals surface area contributed by atoms with Gasteiger partial charge in [0.25, 0.3) is 0 Å². The van der Waals surface area contributed by atoms with E-state index < -0.39 is 0 Å². The van der Waals surface area contributed by atoms with Gasteiger partial charge in [0, 0.05) is 29.8 Å². The van der Waals surface area contributed by atoms with Crippen LogP contribution in [-0.4, -0.2) is 54.8 Å². The molecule has 1 aliphatic rings. The van der Waals surface area contributed by atoms with E-state index in [0.29, 0.717) is 11.2 Å². The standard InChI is InChI=1S/C19H31N3OS/c1-14(2)24-18-8-6-17(7-9-18)15(3)20-19(23)22-11-10-16(13-22)12-21(4)5/h6-9,14-16H,10-13H2,1-5H3,(H,20,23)/t15-,16-/m1/s1. The summed E-state index contributed by atoms with van der Waals surface area (Å²) in [5.74, 6) is 0.591. The van der Waals surface area contributed by atoms with Crippen LogP contribution in [0.3, 0.4) is 0 Å². The average molecular weight is 350 g/mol. The van der Waals surface area contributed by atoms with Gasteiger partial charge in [-0.25, -0.2) is 4.79 Å². The number of carbonyl (C=O) groups excluding carboxylic acids is 1. The first kappa shape index (κ1) is 19.1. The number of urea groups is 1. The summed E-state index contributed by atoms with van der Waals surface area (Å²) in [4.78, 5) is 17.9. The molecule has 1 fully saturated rings. The minimum atomic E-state index is 0.0310. The molecule has 1 saturated heterocycles. The predicted octanol–water partition coefficient (Wildman–Crippen LogP) is 3.84. The number of carbonyl (C=O) groups is 1. The monoisotopic (exact) mass is 349 g/mol. The Bertz CT molecular complexity index is 530. The molecular weight excluding hydrogens is 318 g/mol. The molecule has 24 heavy (non-hydrogen) atoms.